The second kappa shape index (κ2) is 4.96. The van der Waals surface area contributed by atoms with Gasteiger partial charge in [0, 0.05) is 0 Å². The van der Waals surface area contributed by atoms with Crippen molar-refractivity contribution in [1.82, 2.24) is 4.98 Å². The molecule has 2 aliphatic rings. The monoisotopic (exact) mass is 305 g/mol. The lowest BCUT2D eigenvalue weighted by atomic mass is 9.81. The third-order valence-electron chi connectivity index (χ3n) is 4.43. The molecule has 118 valence electrons. The Kier molecular flexibility index (Phi) is 3.45. The first-order valence-electron chi connectivity index (χ1n) is 7.45. The predicted octanol–water partition coefficient (Wildman–Crippen LogP) is 1.62. The number of pyridine rings is 1. The van der Waals surface area contributed by atoms with Crippen LogP contribution in [0.25, 0.3) is 0 Å². The smallest absolute Gasteiger partial charge is 0.489 e. The number of carboxylic acid groups (broad SMARTS) is 1. The van der Waals surface area contributed by atoms with Gasteiger partial charge in [0.25, 0.3) is 0 Å². The van der Waals surface area contributed by atoms with Crippen LogP contribution in [0.15, 0.2) is 12.3 Å². The van der Waals surface area contributed by atoms with Gasteiger partial charge in [-0.1, -0.05) is 0 Å². The number of carboxylic acids is 1. The molecule has 0 spiro atoms. The second-order valence-electron chi connectivity index (χ2n) is 6.81. The summed E-state index contributed by atoms with van der Waals surface area (Å²) in [4.78, 5) is 15.8. The summed E-state index contributed by atoms with van der Waals surface area (Å²) in [6.07, 6.45) is 3.72. The van der Waals surface area contributed by atoms with E-state index in [1.165, 1.54) is 12.3 Å². The van der Waals surface area contributed by atoms with Crippen LogP contribution >= 0.6 is 0 Å². The van der Waals surface area contributed by atoms with Crippen LogP contribution in [0.1, 0.15) is 50.9 Å². The van der Waals surface area contributed by atoms with Gasteiger partial charge < -0.3 is 19.2 Å². The molecule has 1 aliphatic heterocycles. The summed E-state index contributed by atoms with van der Waals surface area (Å²) < 4.78 is 17.4. The van der Waals surface area contributed by atoms with Gasteiger partial charge in [-0.2, -0.15) is 0 Å². The molecule has 1 saturated carbocycles. The molecule has 1 aromatic rings. The van der Waals surface area contributed by atoms with Crippen molar-refractivity contribution in [1.29, 1.82) is 0 Å². The van der Waals surface area contributed by atoms with Crippen LogP contribution in [0.5, 0.6) is 5.75 Å². The first-order chi connectivity index (χ1) is 10.2. The molecule has 22 heavy (non-hydrogen) atoms. The molecule has 1 N–H and O–H groups in total. The molecular formula is C15H20BNO5. The second-order valence-corrected chi connectivity index (χ2v) is 6.81. The van der Waals surface area contributed by atoms with Gasteiger partial charge in [0.2, 0.25) is 0 Å². The third kappa shape index (κ3) is 2.70. The SMILES string of the molecule is CC1(C)OB(c2ncc(OC3CC3)cc2C(=O)O)OC1(C)C. The fourth-order valence-electron chi connectivity index (χ4n) is 2.21. The summed E-state index contributed by atoms with van der Waals surface area (Å²) in [5, 5.41) is 9.45. The summed E-state index contributed by atoms with van der Waals surface area (Å²) in [5.74, 6) is -0.598. The molecule has 0 bridgehead atoms. The molecular weight excluding hydrogens is 285 g/mol. The van der Waals surface area contributed by atoms with Crippen LogP contribution in [0.2, 0.25) is 0 Å². The van der Waals surface area contributed by atoms with E-state index in [2.05, 4.69) is 4.98 Å². The van der Waals surface area contributed by atoms with Gasteiger partial charge >= 0.3 is 13.1 Å². The highest BCUT2D eigenvalue weighted by molar-refractivity contribution is 6.62. The Bertz CT molecular complexity index is 596. The molecule has 1 aliphatic carbocycles. The van der Waals surface area contributed by atoms with Crippen molar-refractivity contribution in [2.45, 2.75) is 57.8 Å². The molecule has 0 amide bonds. The van der Waals surface area contributed by atoms with Gasteiger partial charge in [-0.25, -0.2) is 4.79 Å². The average Bonchev–Trinajstić information content (AvgIpc) is 3.17. The maximum atomic E-state index is 11.5. The Labute approximate surface area is 129 Å². The zero-order valence-corrected chi connectivity index (χ0v) is 13.3. The maximum Gasteiger partial charge on any atom is 0.515 e. The zero-order valence-electron chi connectivity index (χ0n) is 13.3. The number of rotatable bonds is 4. The Morgan fingerprint density at radius 2 is 1.91 bits per heavy atom. The lowest BCUT2D eigenvalue weighted by Gasteiger charge is -2.32. The van der Waals surface area contributed by atoms with E-state index in [1.807, 2.05) is 27.7 Å². The quantitative estimate of drug-likeness (QED) is 0.852. The molecule has 2 heterocycles. The standard InChI is InChI=1S/C15H20BNO5/c1-14(2)15(3,4)22-16(21-14)12-11(13(18)19)7-10(8-17-12)20-9-5-6-9/h7-9H,5-6H2,1-4H3,(H,18,19). The molecule has 0 atom stereocenters. The normalized spacial score (nSPS) is 22.6. The molecule has 0 unspecified atom stereocenters. The van der Waals surface area contributed by atoms with Crippen LogP contribution in [-0.4, -0.2) is 40.5 Å². The highest BCUT2D eigenvalue weighted by Gasteiger charge is 2.53. The predicted molar refractivity (Wildman–Crippen MR) is 80.6 cm³/mol. The van der Waals surface area contributed by atoms with E-state index in [1.54, 1.807) is 0 Å². The lowest BCUT2D eigenvalue weighted by molar-refractivity contribution is 0.00578. The van der Waals surface area contributed by atoms with Crippen molar-refractivity contribution in [3.05, 3.63) is 17.8 Å². The van der Waals surface area contributed by atoms with E-state index in [0.717, 1.165) is 12.8 Å². The van der Waals surface area contributed by atoms with Crippen LogP contribution in [-0.2, 0) is 9.31 Å². The molecule has 6 nitrogen and oxygen atoms in total. The molecule has 3 rings (SSSR count). The van der Waals surface area contributed by atoms with E-state index >= 15 is 0 Å². The van der Waals surface area contributed by atoms with E-state index in [-0.39, 0.29) is 17.3 Å². The van der Waals surface area contributed by atoms with Gasteiger partial charge in [0.05, 0.1) is 34.7 Å². The zero-order chi connectivity index (χ0) is 16.1. The van der Waals surface area contributed by atoms with Gasteiger partial charge in [0.1, 0.15) is 5.75 Å². The van der Waals surface area contributed by atoms with Crippen molar-refractivity contribution in [3.8, 4) is 5.75 Å². The summed E-state index contributed by atoms with van der Waals surface area (Å²) in [5.41, 5.74) is -0.762. The Balaban J connectivity index is 1.91. The molecule has 1 aromatic heterocycles. The van der Waals surface area contributed by atoms with Gasteiger partial charge in [0.15, 0.2) is 0 Å². The number of carbonyl (C=O) groups is 1. The molecule has 2 fully saturated rings. The first kappa shape index (κ1) is 15.3. The fourth-order valence-corrected chi connectivity index (χ4v) is 2.21. The van der Waals surface area contributed by atoms with Crippen LogP contribution in [0.3, 0.4) is 0 Å². The highest BCUT2D eigenvalue weighted by atomic mass is 16.7. The summed E-state index contributed by atoms with van der Waals surface area (Å²) in [6, 6.07) is 1.49. The number of aromatic carboxylic acids is 1. The van der Waals surface area contributed by atoms with E-state index in [0.29, 0.717) is 5.75 Å². The minimum absolute atomic E-state index is 0.0525. The van der Waals surface area contributed by atoms with Crippen molar-refractivity contribution >= 4 is 18.7 Å². The van der Waals surface area contributed by atoms with Crippen molar-refractivity contribution < 1.29 is 23.9 Å². The van der Waals surface area contributed by atoms with Crippen molar-refractivity contribution in [2.75, 3.05) is 0 Å². The van der Waals surface area contributed by atoms with Gasteiger partial charge in [-0.05, 0) is 46.6 Å². The number of aromatic nitrogens is 1. The maximum absolute atomic E-state index is 11.5. The Morgan fingerprint density at radius 3 is 2.41 bits per heavy atom. The topological polar surface area (TPSA) is 77.9 Å². The van der Waals surface area contributed by atoms with E-state index in [9.17, 15) is 9.90 Å². The van der Waals surface area contributed by atoms with Crippen LogP contribution < -0.4 is 10.3 Å². The van der Waals surface area contributed by atoms with Crippen LogP contribution in [0.4, 0.5) is 0 Å². The summed E-state index contributed by atoms with van der Waals surface area (Å²) >= 11 is 0. The Hall–Kier alpha value is -1.60. The number of hydrogen-bond acceptors (Lipinski definition) is 5. The van der Waals surface area contributed by atoms with E-state index < -0.39 is 24.3 Å². The van der Waals surface area contributed by atoms with Gasteiger partial charge in [-0.3, -0.25) is 4.98 Å². The molecule has 0 radical (unpaired) electrons. The van der Waals surface area contributed by atoms with E-state index in [4.69, 9.17) is 14.0 Å². The fraction of sp³-hybridized carbons (Fsp3) is 0.600. The number of ether oxygens (including phenoxy) is 1. The number of hydrogen-bond donors (Lipinski definition) is 1. The lowest BCUT2D eigenvalue weighted by Crippen LogP contribution is -2.41. The first-order valence-corrected chi connectivity index (χ1v) is 7.45. The van der Waals surface area contributed by atoms with Crippen molar-refractivity contribution in [2.24, 2.45) is 0 Å². The molecule has 7 heteroatoms. The van der Waals surface area contributed by atoms with Crippen LogP contribution in [0, 0.1) is 0 Å². The summed E-state index contributed by atoms with van der Waals surface area (Å²) in [7, 11) is -0.800. The molecule has 1 saturated heterocycles. The van der Waals surface area contributed by atoms with Crippen molar-refractivity contribution in [3.63, 3.8) is 0 Å². The number of nitrogens with zero attached hydrogens (tertiary/aromatic N) is 1. The largest absolute Gasteiger partial charge is 0.515 e. The summed E-state index contributed by atoms with van der Waals surface area (Å²) in [6.45, 7) is 7.66. The average molecular weight is 305 g/mol. The third-order valence-corrected chi connectivity index (χ3v) is 4.43. The highest BCUT2D eigenvalue weighted by Crippen LogP contribution is 2.36. The Morgan fingerprint density at radius 1 is 1.32 bits per heavy atom. The molecule has 0 aromatic carbocycles. The minimum atomic E-state index is -1.07. The minimum Gasteiger partial charge on any atom is -0.489 e. The van der Waals surface area contributed by atoms with Gasteiger partial charge in [-0.15, -0.1) is 0 Å².